The molecule has 0 aromatic carbocycles. The highest BCUT2D eigenvalue weighted by atomic mass is 16.4. The molecule has 1 amide bonds. The van der Waals surface area contributed by atoms with Gasteiger partial charge >= 0.3 is 0 Å². The maximum absolute atomic E-state index is 12.3. The lowest BCUT2D eigenvalue weighted by Crippen LogP contribution is -2.35. The molecule has 0 atom stereocenters. The fourth-order valence-electron chi connectivity index (χ4n) is 3.13. The van der Waals surface area contributed by atoms with E-state index in [1.807, 2.05) is 11.0 Å². The number of aliphatic hydroxyl groups excluding tert-OH is 1. The summed E-state index contributed by atoms with van der Waals surface area (Å²) in [6.45, 7) is 4.19. The van der Waals surface area contributed by atoms with Crippen LogP contribution in [-0.4, -0.2) is 53.1 Å². The number of nitrogens with zero attached hydrogens (tertiary/aromatic N) is 2. The maximum Gasteiger partial charge on any atom is 0.289 e. The van der Waals surface area contributed by atoms with Crippen molar-refractivity contribution in [2.75, 3.05) is 26.2 Å². The zero-order valence-corrected chi connectivity index (χ0v) is 12.5. The summed E-state index contributed by atoms with van der Waals surface area (Å²) in [5.41, 5.74) is 0. The highest BCUT2D eigenvalue weighted by molar-refractivity contribution is 5.91. The topological polar surface area (TPSA) is 56.9 Å². The van der Waals surface area contributed by atoms with Crippen LogP contribution in [0.15, 0.2) is 16.5 Å². The van der Waals surface area contributed by atoms with Crippen molar-refractivity contribution in [1.29, 1.82) is 0 Å². The van der Waals surface area contributed by atoms with Gasteiger partial charge in [-0.05, 0) is 44.2 Å². The second-order valence-electron chi connectivity index (χ2n) is 6.13. The summed E-state index contributed by atoms with van der Waals surface area (Å²) in [4.78, 5) is 16.5. The Morgan fingerprint density at radius 3 is 2.57 bits per heavy atom. The molecule has 3 rings (SSSR count). The molecule has 2 aliphatic rings. The number of hydrogen-bond donors (Lipinski definition) is 1. The summed E-state index contributed by atoms with van der Waals surface area (Å²) in [7, 11) is 0. The van der Waals surface area contributed by atoms with Crippen LogP contribution in [0.25, 0.3) is 0 Å². The second-order valence-corrected chi connectivity index (χ2v) is 6.13. The molecule has 2 aliphatic heterocycles. The monoisotopic (exact) mass is 292 g/mol. The van der Waals surface area contributed by atoms with E-state index in [2.05, 4.69) is 4.90 Å². The minimum Gasteiger partial charge on any atom is -0.455 e. The van der Waals surface area contributed by atoms with Crippen molar-refractivity contribution in [3.8, 4) is 0 Å². The Bertz CT molecular complexity index is 472. The minimum absolute atomic E-state index is 0.0232. The first-order chi connectivity index (χ1) is 10.2. The van der Waals surface area contributed by atoms with Crippen LogP contribution in [0.5, 0.6) is 0 Å². The van der Waals surface area contributed by atoms with Crippen LogP contribution in [0.4, 0.5) is 0 Å². The molecule has 116 valence electrons. The molecule has 21 heavy (non-hydrogen) atoms. The van der Waals surface area contributed by atoms with E-state index in [9.17, 15) is 9.90 Å². The molecule has 2 fully saturated rings. The molecule has 1 aromatic rings. The Hall–Kier alpha value is -1.33. The molecule has 1 aromatic heterocycles. The molecule has 1 N–H and O–H groups in total. The molecule has 0 radical (unpaired) electrons. The van der Waals surface area contributed by atoms with Gasteiger partial charge < -0.3 is 14.4 Å². The number of carbonyl (C=O) groups excluding carboxylic acids is 1. The van der Waals surface area contributed by atoms with Crippen molar-refractivity contribution < 1.29 is 14.3 Å². The lowest BCUT2D eigenvalue weighted by Gasteiger charge is -2.28. The van der Waals surface area contributed by atoms with Gasteiger partial charge in [-0.15, -0.1) is 0 Å². The van der Waals surface area contributed by atoms with Gasteiger partial charge in [0.2, 0.25) is 0 Å². The van der Waals surface area contributed by atoms with E-state index in [0.717, 1.165) is 64.2 Å². The van der Waals surface area contributed by atoms with E-state index in [0.29, 0.717) is 5.76 Å². The van der Waals surface area contributed by atoms with Crippen molar-refractivity contribution >= 4 is 5.91 Å². The van der Waals surface area contributed by atoms with Crippen LogP contribution in [0.2, 0.25) is 0 Å². The van der Waals surface area contributed by atoms with Gasteiger partial charge in [0.1, 0.15) is 5.76 Å². The fraction of sp³-hybridized carbons (Fsp3) is 0.688. The number of carbonyl (C=O) groups is 1. The largest absolute Gasteiger partial charge is 0.455 e. The summed E-state index contributed by atoms with van der Waals surface area (Å²) >= 11 is 0. The Labute approximate surface area is 125 Å². The number of rotatable bonds is 3. The highest BCUT2D eigenvalue weighted by Gasteiger charge is 2.22. The van der Waals surface area contributed by atoms with Gasteiger partial charge in [-0.1, -0.05) is 0 Å². The van der Waals surface area contributed by atoms with E-state index in [1.165, 1.54) is 6.42 Å². The highest BCUT2D eigenvalue weighted by Crippen LogP contribution is 2.18. The van der Waals surface area contributed by atoms with E-state index >= 15 is 0 Å². The molecular formula is C16H24N2O3. The van der Waals surface area contributed by atoms with Crippen LogP contribution in [0.3, 0.4) is 0 Å². The number of amides is 1. The Balaban J connectivity index is 1.56. The smallest absolute Gasteiger partial charge is 0.289 e. The minimum atomic E-state index is -0.158. The standard InChI is InChI=1S/C16H24N2O3/c19-13-6-10-17(11-7-13)12-14-4-5-15(21-14)16(20)18-8-2-1-3-9-18/h4-5,13,19H,1-3,6-12H2. The van der Waals surface area contributed by atoms with Gasteiger partial charge in [-0.25, -0.2) is 0 Å². The Morgan fingerprint density at radius 2 is 1.86 bits per heavy atom. The molecule has 0 aliphatic carbocycles. The first-order valence-electron chi connectivity index (χ1n) is 8.01. The van der Waals surface area contributed by atoms with Crippen molar-refractivity contribution in [3.05, 3.63) is 23.7 Å². The van der Waals surface area contributed by atoms with Gasteiger partial charge in [-0.3, -0.25) is 9.69 Å². The average Bonchev–Trinajstić information content (AvgIpc) is 2.98. The number of furan rings is 1. The normalized spacial score (nSPS) is 21.7. The number of piperidine rings is 2. The number of hydrogen-bond acceptors (Lipinski definition) is 4. The van der Waals surface area contributed by atoms with Crippen molar-refractivity contribution in [3.63, 3.8) is 0 Å². The predicted molar refractivity (Wildman–Crippen MR) is 79.0 cm³/mol. The maximum atomic E-state index is 12.3. The molecule has 0 bridgehead atoms. The van der Waals surface area contributed by atoms with Crippen LogP contribution in [0, 0.1) is 0 Å². The average molecular weight is 292 g/mol. The predicted octanol–water partition coefficient (Wildman–Crippen LogP) is 1.86. The third-order valence-corrected chi connectivity index (χ3v) is 4.45. The van der Waals surface area contributed by atoms with Crippen LogP contribution in [0.1, 0.15) is 48.4 Å². The van der Waals surface area contributed by atoms with Crippen molar-refractivity contribution in [2.24, 2.45) is 0 Å². The summed E-state index contributed by atoms with van der Waals surface area (Å²) in [5, 5.41) is 9.51. The third-order valence-electron chi connectivity index (χ3n) is 4.45. The fourth-order valence-corrected chi connectivity index (χ4v) is 3.13. The molecule has 5 nitrogen and oxygen atoms in total. The zero-order chi connectivity index (χ0) is 14.7. The van der Waals surface area contributed by atoms with Gasteiger partial charge in [0, 0.05) is 26.2 Å². The van der Waals surface area contributed by atoms with Crippen LogP contribution in [-0.2, 0) is 6.54 Å². The van der Waals surface area contributed by atoms with E-state index in [1.54, 1.807) is 6.07 Å². The molecule has 0 spiro atoms. The first-order valence-corrected chi connectivity index (χ1v) is 8.01. The summed E-state index contributed by atoms with van der Waals surface area (Å²) in [6, 6.07) is 3.70. The zero-order valence-electron chi connectivity index (χ0n) is 12.5. The molecule has 0 saturated carbocycles. The molecular weight excluding hydrogens is 268 g/mol. The lowest BCUT2D eigenvalue weighted by atomic mass is 10.1. The number of likely N-dealkylation sites (tertiary alicyclic amines) is 2. The van der Waals surface area contributed by atoms with Crippen LogP contribution >= 0.6 is 0 Å². The van der Waals surface area contributed by atoms with E-state index < -0.39 is 0 Å². The van der Waals surface area contributed by atoms with Crippen molar-refractivity contribution in [1.82, 2.24) is 9.80 Å². The van der Waals surface area contributed by atoms with Gasteiger partial charge in [0.05, 0.1) is 12.6 Å². The van der Waals surface area contributed by atoms with Crippen LogP contribution < -0.4 is 0 Å². The summed E-state index contributed by atoms with van der Waals surface area (Å²) in [5.74, 6) is 1.32. The third kappa shape index (κ3) is 3.66. The summed E-state index contributed by atoms with van der Waals surface area (Å²) < 4.78 is 5.73. The quantitative estimate of drug-likeness (QED) is 0.924. The van der Waals surface area contributed by atoms with Gasteiger partial charge in [0.25, 0.3) is 5.91 Å². The lowest BCUT2D eigenvalue weighted by molar-refractivity contribution is 0.0675. The van der Waals surface area contributed by atoms with Gasteiger partial charge in [-0.2, -0.15) is 0 Å². The molecule has 3 heterocycles. The molecule has 0 unspecified atom stereocenters. The van der Waals surface area contributed by atoms with Crippen molar-refractivity contribution in [2.45, 2.75) is 44.8 Å². The number of aliphatic hydroxyl groups is 1. The first kappa shape index (κ1) is 14.6. The Kier molecular flexibility index (Phi) is 4.60. The second kappa shape index (κ2) is 6.62. The van der Waals surface area contributed by atoms with E-state index in [-0.39, 0.29) is 12.0 Å². The Morgan fingerprint density at radius 1 is 1.14 bits per heavy atom. The summed E-state index contributed by atoms with van der Waals surface area (Å²) in [6.07, 6.45) is 4.88. The SMILES string of the molecule is O=C(c1ccc(CN2CCC(O)CC2)o1)N1CCCCC1. The van der Waals surface area contributed by atoms with E-state index in [4.69, 9.17) is 4.42 Å². The molecule has 2 saturated heterocycles. The molecule has 5 heteroatoms. The van der Waals surface area contributed by atoms with Gasteiger partial charge in [0.15, 0.2) is 5.76 Å².